The van der Waals surface area contributed by atoms with Crippen LogP contribution < -0.4 is 25.4 Å². The number of halogens is 1. The van der Waals surface area contributed by atoms with Gasteiger partial charge in [0.1, 0.15) is 18.1 Å². The summed E-state index contributed by atoms with van der Waals surface area (Å²) in [6.07, 6.45) is 2.95. The second-order valence-electron chi connectivity index (χ2n) is 15.0. The fourth-order valence-corrected chi connectivity index (χ4v) is 9.54. The van der Waals surface area contributed by atoms with E-state index in [9.17, 15) is 31.2 Å². The molecule has 0 aromatic heterocycles. The van der Waals surface area contributed by atoms with Crippen LogP contribution in [0.1, 0.15) is 57.5 Å². The lowest BCUT2D eigenvalue weighted by atomic mass is 9.73. The number of hydrogen-bond acceptors (Lipinski definition) is 12. The van der Waals surface area contributed by atoms with Gasteiger partial charge in [-0.2, -0.15) is 25.4 Å². The van der Waals surface area contributed by atoms with Crippen molar-refractivity contribution in [3.8, 4) is 11.5 Å². The summed E-state index contributed by atoms with van der Waals surface area (Å²) in [6, 6.07) is 34.6. The van der Waals surface area contributed by atoms with Crippen LogP contribution in [0.25, 0.3) is 0 Å². The molecule has 342 valence electrons. The number of benzene rings is 4. The number of rotatable bonds is 13. The first-order chi connectivity index (χ1) is 30.7. The molecule has 3 amide bonds. The van der Waals surface area contributed by atoms with E-state index in [-0.39, 0.29) is 43.5 Å². The van der Waals surface area contributed by atoms with Gasteiger partial charge < -0.3 is 30.2 Å². The molecule has 0 radical (unpaired) electrons. The minimum absolute atomic E-state index is 0.00974. The lowest BCUT2D eigenvalue weighted by molar-refractivity contribution is 0.0924. The van der Waals surface area contributed by atoms with E-state index < -0.39 is 31.0 Å². The molecule has 7 rings (SSSR count). The van der Waals surface area contributed by atoms with E-state index in [1.54, 1.807) is 37.4 Å². The molecule has 3 saturated heterocycles. The number of para-hydroxylation sites is 2. The Morgan fingerprint density at radius 3 is 1.55 bits per heavy atom. The van der Waals surface area contributed by atoms with E-state index in [0.29, 0.717) is 48.6 Å². The van der Waals surface area contributed by atoms with Gasteiger partial charge in [0.15, 0.2) is 0 Å². The molecular weight excluding hydrogens is 888 g/mol. The number of methoxy groups -OCH3 is 2. The number of ether oxygens (including phenoxy) is 3. The van der Waals surface area contributed by atoms with E-state index in [4.69, 9.17) is 19.0 Å². The second-order valence-corrected chi connectivity index (χ2v) is 19.0. The Labute approximate surface area is 377 Å². The van der Waals surface area contributed by atoms with Crippen LogP contribution in [0.5, 0.6) is 11.5 Å². The number of isocyanates is 1. The van der Waals surface area contributed by atoms with Gasteiger partial charge in [0, 0.05) is 47.7 Å². The number of hydrogen-bond donors (Lipinski definition) is 3. The van der Waals surface area contributed by atoms with Crippen LogP contribution in [0.3, 0.4) is 0 Å². The summed E-state index contributed by atoms with van der Waals surface area (Å²) >= 11 is 0. The summed E-state index contributed by atoms with van der Waals surface area (Å²) in [4.78, 5) is 46.4. The molecule has 0 unspecified atom stereocenters. The molecule has 64 heavy (non-hydrogen) atoms. The predicted molar refractivity (Wildman–Crippen MR) is 240 cm³/mol. The fourth-order valence-electron chi connectivity index (χ4n) is 7.90. The van der Waals surface area contributed by atoms with Crippen molar-refractivity contribution >= 4 is 54.1 Å². The minimum Gasteiger partial charge on any atom is -0.496 e. The standard InChI is InChI=1S/C23H27N3O6S.C20H24N2O2.CClNO3S/c1-31-20-10-6-5-9-19(20)21(27)24-17-23(18-7-3-2-4-8-18)11-13-25(14-12-23)33(29,30)26-15-16-32-22(26)28;1-24-18-10-6-5-9-17(18)19(23)22-15-20(11-13-21-14-12-20)16-7-3-2-4-8-16;2-7(5,6)3-1-4/h2-10H,11-17H2,1H3,(H,24,27);2-10,21H,11-15H2,1H3,(H,22,23);. The van der Waals surface area contributed by atoms with Gasteiger partial charge in [0.05, 0.1) is 31.9 Å². The Balaban J connectivity index is 0.000000217. The maximum Gasteiger partial charge on any atom is 0.424 e. The zero-order valence-corrected chi connectivity index (χ0v) is 37.8. The summed E-state index contributed by atoms with van der Waals surface area (Å²) in [6.45, 7) is 3.46. The van der Waals surface area contributed by atoms with Gasteiger partial charge in [-0.1, -0.05) is 89.3 Å². The SMILES string of the molecule is COc1ccccc1C(=O)NCC1(c2ccccc2)CCN(S(=O)(=O)N2CCOC2=O)CC1.COc1ccccc1C(=O)NCC1(c2ccccc2)CCNCC1.O=C=NS(=O)(=O)Cl. The van der Waals surface area contributed by atoms with Gasteiger partial charge in [-0.3, -0.25) is 9.59 Å². The van der Waals surface area contributed by atoms with Crippen molar-refractivity contribution in [1.29, 1.82) is 0 Å². The molecule has 17 nitrogen and oxygen atoms in total. The van der Waals surface area contributed by atoms with Crippen LogP contribution in [0.15, 0.2) is 114 Å². The van der Waals surface area contributed by atoms with Crippen molar-refractivity contribution in [2.24, 2.45) is 4.40 Å². The molecular formula is C44H51ClN6O11S2. The predicted octanol–water partition coefficient (Wildman–Crippen LogP) is 4.71. The van der Waals surface area contributed by atoms with Crippen LogP contribution in [0, 0.1) is 0 Å². The second kappa shape index (κ2) is 22.7. The molecule has 3 aliphatic rings. The Kier molecular flexibility index (Phi) is 17.4. The zero-order valence-electron chi connectivity index (χ0n) is 35.4. The number of nitrogens with zero attached hydrogens (tertiary/aromatic N) is 3. The van der Waals surface area contributed by atoms with E-state index >= 15 is 0 Å². The maximum absolute atomic E-state index is 12.9. The summed E-state index contributed by atoms with van der Waals surface area (Å²) in [7, 11) is -0.457. The summed E-state index contributed by atoms with van der Waals surface area (Å²) in [5.41, 5.74) is 2.89. The first kappa shape index (κ1) is 49.2. The maximum atomic E-state index is 12.9. The monoisotopic (exact) mass is 938 g/mol. The minimum atomic E-state index is -4.00. The lowest BCUT2D eigenvalue weighted by Gasteiger charge is -2.42. The van der Waals surface area contributed by atoms with Crippen LogP contribution in [-0.2, 0) is 39.8 Å². The average Bonchev–Trinajstić information content (AvgIpc) is 3.77. The number of carbonyl (C=O) groups is 3. The highest BCUT2D eigenvalue weighted by Gasteiger charge is 2.44. The smallest absolute Gasteiger partial charge is 0.424 e. The Morgan fingerprint density at radius 1 is 0.719 bits per heavy atom. The molecule has 3 N–H and O–H groups in total. The first-order valence-corrected chi connectivity index (χ1v) is 24.0. The quantitative estimate of drug-likeness (QED) is 0.0944. The third-order valence-corrected chi connectivity index (χ3v) is 13.8. The van der Waals surface area contributed by atoms with Crippen LogP contribution in [0.2, 0.25) is 0 Å². The molecule has 3 aliphatic heterocycles. The van der Waals surface area contributed by atoms with Crippen molar-refractivity contribution in [3.05, 3.63) is 131 Å². The Hall–Kier alpha value is -5.82. The van der Waals surface area contributed by atoms with E-state index in [1.165, 1.54) is 17.0 Å². The molecule has 4 aromatic carbocycles. The van der Waals surface area contributed by atoms with Crippen molar-refractivity contribution < 1.29 is 50.2 Å². The highest BCUT2D eigenvalue weighted by molar-refractivity contribution is 8.12. The summed E-state index contributed by atoms with van der Waals surface area (Å²) in [5, 5.41) is 9.58. The molecule has 0 spiro atoms. The lowest BCUT2D eigenvalue weighted by Crippen LogP contribution is -2.53. The fraction of sp³-hybridized carbons (Fsp3) is 0.364. The number of cyclic esters (lactones) is 1. The van der Waals surface area contributed by atoms with Gasteiger partial charge in [-0.05, 0) is 74.2 Å². The largest absolute Gasteiger partial charge is 0.496 e. The van der Waals surface area contributed by atoms with Gasteiger partial charge in [-0.15, -0.1) is 0 Å². The molecule has 0 atom stereocenters. The number of nitrogens with one attached hydrogen (secondary N) is 3. The zero-order chi connectivity index (χ0) is 46.2. The Bertz CT molecular complexity index is 2480. The Morgan fingerprint density at radius 2 is 1.16 bits per heavy atom. The van der Waals surface area contributed by atoms with Crippen molar-refractivity contribution in [2.45, 2.75) is 36.5 Å². The third kappa shape index (κ3) is 12.7. The number of carbonyl (C=O) groups excluding carboxylic acids is 4. The van der Waals surface area contributed by atoms with Crippen molar-refractivity contribution in [2.75, 3.05) is 66.6 Å². The average molecular weight is 940 g/mol. The van der Waals surface area contributed by atoms with E-state index in [1.807, 2.05) is 54.6 Å². The highest BCUT2D eigenvalue weighted by atomic mass is 35.7. The van der Waals surface area contributed by atoms with Crippen LogP contribution in [-0.4, -0.2) is 116 Å². The topological polar surface area (TPSA) is 219 Å². The number of amides is 3. The van der Waals surface area contributed by atoms with Gasteiger partial charge in [-0.25, -0.2) is 9.59 Å². The van der Waals surface area contributed by atoms with Gasteiger partial charge >= 0.3 is 25.5 Å². The van der Waals surface area contributed by atoms with Crippen LogP contribution >= 0.6 is 10.7 Å². The molecule has 20 heteroatoms. The van der Waals surface area contributed by atoms with Gasteiger partial charge in [0.2, 0.25) is 0 Å². The molecule has 3 heterocycles. The number of piperidine rings is 2. The third-order valence-electron chi connectivity index (χ3n) is 11.4. The summed E-state index contributed by atoms with van der Waals surface area (Å²) < 4.78 is 64.7. The highest BCUT2D eigenvalue weighted by Crippen LogP contribution is 2.37. The van der Waals surface area contributed by atoms with Crippen LogP contribution in [0.4, 0.5) is 4.79 Å². The normalized spacial score (nSPS) is 16.8. The van der Waals surface area contributed by atoms with E-state index in [0.717, 1.165) is 41.9 Å². The first-order valence-electron chi connectivity index (χ1n) is 20.3. The molecule has 0 bridgehead atoms. The molecule has 4 aromatic rings. The van der Waals surface area contributed by atoms with Crippen molar-refractivity contribution in [3.63, 3.8) is 0 Å². The molecule has 3 fully saturated rings. The van der Waals surface area contributed by atoms with E-state index in [2.05, 4.69) is 55.3 Å². The molecule has 0 aliphatic carbocycles. The van der Waals surface area contributed by atoms with Crippen molar-refractivity contribution in [1.82, 2.24) is 24.6 Å². The summed E-state index contributed by atoms with van der Waals surface area (Å²) in [5.74, 6) is 0.759. The van der Waals surface area contributed by atoms with Gasteiger partial charge in [0.25, 0.3) is 17.9 Å². The molecule has 0 saturated carbocycles.